The highest BCUT2D eigenvalue weighted by atomic mass is 79.9. The van der Waals surface area contributed by atoms with Gasteiger partial charge >= 0.3 is 6.61 Å². The molecule has 0 aliphatic carbocycles. The third-order valence-electron chi connectivity index (χ3n) is 3.26. The summed E-state index contributed by atoms with van der Waals surface area (Å²) >= 11 is 3.26. The summed E-state index contributed by atoms with van der Waals surface area (Å²) in [4.78, 5) is 12.0. The Hall–Kier alpha value is -2.21. The SMILES string of the molecule is C[C@@H](NC(=O)/C=C/c1cc(Br)ccc1OC(F)F)c1ccccc1. The number of hydrogen-bond donors (Lipinski definition) is 1. The maximum atomic E-state index is 12.4. The van der Waals surface area contributed by atoms with Crippen molar-refractivity contribution in [1.82, 2.24) is 5.32 Å². The van der Waals surface area contributed by atoms with Gasteiger partial charge in [0, 0.05) is 16.1 Å². The Morgan fingerprint density at radius 2 is 1.92 bits per heavy atom. The number of nitrogens with one attached hydrogen (secondary N) is 1. The second kappa shape index (κ2) is 8.59. The van der Waals surface area contributed by atoms with Crippen molar-refractivity contribution in [3.63, 3.8) is 0 Å². The second-order valence-electron chi connectivity index (χ2n) is 5.03. The molecule has 1 atom stereocenters. The molecule has 0 saturated heterocycles. The molecule has 0 aromatic heterocycles. The number of carbonyl (C=O) groups is 1. The molecule has 2 aromatic carbocycles. The number of amides is 1. The van der Waals surface area contributed by atoms with Crippen molar-refractivity contribution in [2.45, 2.75) is 19.6 Å². The summed E-state index contributed by atoms with van der Waals surface area (Å²) in [5.74, 6) is -0.317. The predicted molar refractivity (Wildman–Crippen MR) is 92.8 cm³/mol. The van der Waals surface area contributed by atoms with Gasteiger partial charge in [0.05, 0.1) is 6.04 Å². The van der Waals surface area contributed by atoms with Gasteiger partial charge in [0.15, 0.2) is 0 Å². The Bertz CT molecular complexity index is 720. The Balaban J connectivity index is 2.07. The Labute approximate surface area is 147 Å². The fourth-order valence-corrected chi connectivity index (χ4v) is 2.48. The van der Waals surface area contributed by atoms with Crippen LogP contribution in [0.15, 0.2) is 59.1 Å². The molecule has 0 fully saturated rings. The largest absolute Gasteiger partial charge is 0.434 e. The lowest BCUT2D eigenvalue weighted by molar-refractivity contribution is -0.117. The number of hydrogen-bond acceptors (Lipinski definition) is 2. The Morgan fingerprint density at radius 3 is 2.58 bits per heavy atom. The molecular formula is C18H16BrF2NO2. The molecule has 6 heteroatoms. The van der Waals surface area contributed by atoms with Crippen molar-refractivity contribution >= 4 is 27.9 Å². The molecule has 2 rings (SSSR count). The normalized spacial score (nSPS) is 12.4. The van der Waals surface area contributed by atoms with E-state index in [1.165, 1.54) is 18.2 Å². The zero-order valence-corrected chi connectivity index (χ0v) is 14.5. The van der Waals surface area contributed by atoms with Gasteiger partial charge < -0.3 is 10.1 Å². The molecular weight excluding hydrogens is 380 g/mol. The molecule has 0 saturated carbocycles. The van der Waals surface area contributed by atoms with Crippen LogP contribution >= 0.6 is 15.9 Å². The van der Waals surface area contributed by atoms with Crippen LogP contribution in [0.3, 0.4) is 0 Å². The molecule has 0 aliphatic rings. The molecule has 0 bridgehead atoms. The Morgan fingerprint density at radius 1 is 1.21 bits per heavy atom. The van der Waals surface area contributed by atoms with Crippen LogP contribution in [0.5, 0.6) is 5.75 Å². The number of carbonyl (C=O) groups excluding carboxylic acids is 1. The molecule has 0 aliphatic heterocycles. The first kappa shape index (κ1) is 18.1. The van der Waals surface area contributed by atoms with Crippen molar-refractivity contribution < 1.29 is 18.3 Å². The van der Waals surface area contributed by atoms with Crippen LogP contribution in [0, 0.1) is 0 Å². The molecule has 0 radical (unpaired) electrons. The summed E-state index contributed by atoms with van der Waals surface area (Å²) in [7, 11) is 0. The van der Waals surface area contributed by atoms with Gasteiger partial charge in [-0.15, -0.1) is 0 Å². The van der Waals surface area contributed by atoms with E-state index in [0.29, 0.717) is 10.0 Å². The molecule has 0 spiro atoms. The number of rotatable bonds is 6. The highest BCUT2D eigenvalue weighted by Gasteiger charge is 2.10. The van der Waals surface area contributed by atoms with Crippen LogP contribution in [0.4, 0.5) is 8.78 Å². The monoisotopic (exact) mass is 395 g/mol. The molecule has 24 heavy (non-hydrogen) atoms. The van der Waals surface area contributed by atoms with Crippen LogP contribution in [-0.2, 0) is 4.79 Å². The minimum absolute atomic E-state index is 0.00774. The van der Waals surface area contributed by atoms with Crippen molar-refractivity contribution in [3.8, 4) is 5.75 Å². The quantitative estimate of drug-likeness (QED) is 0.703. The highest BCUT2D eigenvalue weighted by molar-refractivity contribution is 9.10. The standard InChI is InChI=1S/C18H16BrF2NO2/c1-12(13-5-3-2-4-6-13)22-17(23)10-7-14-11-15(19)8-9-16(14)24-18(20)21/h2-12,18H,1H3,(H,22,23)/b10-7+/t12-/m1/s1. The van der Waals surface area contributed by atoms with E-state index in [1.54, 1.807) is 12.1 Å². The van der Waals surface area contributed by atoms with E-state index in [-0.39, 0.29) is 17.7 Å². The molecule has 126 valence electrons. The first-order valence-corrected chi connectivity index (χ1v) is 8.03. The van der Waals surface area contributed by atoms with Gasteiger partial charge in [0.1, 0.15) is 5.75 Å². The van der Waals surface area contributed by atoms with Gasteiger partial charge in [-0.1, -0.05) is 46.3 Å². The van der Waals surface area contributed by atoms with Gasteiger partial charge in [0.25, 0.3) is 0 Å². The lowest BCUT2D eigenvalue weighted by Crippen LogP contribution is -2.24. The van der Waals surface area contributed by atoms with E-state index in [0.717, 1.165) is 5.56 Å². The molecule has 2 aromatic rings. The van der Waals surface area contributed by atoms with E-state index in [4.69, 9.17) is 0 Å². The van der Waals surface area contributed by atoms with Crippen LogP contribution in [-0.4, -0.2) is 12.5 Å². The Kier molecular flexibility index (Phi) is 6.49. The summed E-state index contributed by atoms with van der Waals surface area (Å²) in [6.45, 7) is -1.06. The van der Waals surface area contributed by atoms with Crippen LogP contribution in [0.2, 0.25) is 0 Å². The summed E-state index contributed by atoms with van der Waals surface area (Å²) in [5, 5.41) is 2.81. The number of ether oxygens (including phenoxy) is 1. The lowest BCUT2D eigenvalue weighted by atomic mass is 10.1. The minimum atomic E-state index is -2.93. The molecule has 1 amide bonds. The smallest absolute Gasteiger partial charge is 0.387 e. The zero-order chi connectivity index (χ0) is 17.5. The van der Waals surface area contributed by atoms with Gasteiger partial charge in [-0.25, -0.2) is 0 Å². The van der Waals surface area contributed by atoms with Gasteiger partial charge in [0.2, 0.25) is 5.91 Å². The summed E-state index contributed by atoms with van der Waals surface area (Å²) in [6.07, 6.45) is 2.73. The first-order valence-electron chi connectivity index (χ1n) is 7.23. The lowest BCUT2D eigenvalue weighted by Gasteiger charge is -2.12. The summed E-state index contributed by atoms with van der Waals surface area (Å²) in [6, 6.07) is 14.0. The molecule has 0 heterocycles. The fraction of sp³-hybridized carbons (Fsp3) is 0.167. The average Bonchev–Trinajstić information content (AvgIpc) is 2.55. The van der Waals surface area contributed by atoms with Crippen molar-refractivity contribution in [3.05, 3.63) is 70.2 Å². The maximum Gasteiger partial charge on any atom is 0.387 e. The van der Waals surface area contributed by atoms with Crippen molar-refractivity contribution in [2.24, 2.45) is 0 Å². The molecule has 1 N–H and O–H groups in total. The van der Waals surface area contributed by atoms with Crippen molar-refractivity contribution in [2.75, 3.05) is 0 Å². The average molecular weight is 396 g/mol. The van der Waals surface area contributed by atoms with Crippen LogP contribution in [0.25, 0.3) is 6.08 Å². The molecule has 3 nitrogen and oxygen atoms in total. The minimum Gasteiger partial charge on any atom is -0.434 e. The van der Waals surface area contributed by atoms with E-state index >= 15 is 0 Å². The third-order valence-corrected chi connectivity index (χ3v) is 3.75. The number of halogens is 3. The van der Waals surface area contributed by atoms with E-state index in [1.807, 2.05) is 37.3 Å². The summed E-state index contributed by atoms with van der Waals surface area (Å²) in [5.41, 5.74) is 1.36. The second-order valence-corrected chi connectivity index (χ2v) is 5.95. The number of alkyl halides is 2. The predicted octanol–water partition coefficient (Wildman–Crippen LogP) is 4.94. The van der Waals surface area contributed by atoms with Gasteiger partial charge in [-0.05, 0) is 36.8 Å². The number of benzene rings is 2. The van der Waals surface area contributed by atoms with E-state index in [2.05, 4.69) is 26.0 Å². The van der Waals surface area contributed by atoms with Gasteiger partial charge in [-0.2, -0.15) is 8.78 Å². The van der Waals surface area contributed by atoms with Crippen LogP contribution < -0.4 is 10.1 Å². The van der Waals surface area contributed by atoms with E-state index in [9.17, 15) is 13.6 Å². The zero-order valence-electron chi connectivity index (χ0n) is 12.9. The molecule has 0 unspecified atom stereocenters. The van der Waals surface area contributed by atoms with Crippen molar-refractivity contribution in [1.29, 1.82) is 0 Å². The highest BCUT2D eigenvalue weighted by Crippen LogP contribution is 2.26. The van der Waals surface area contributed by atoms with E-state index < -0.39 is 6.61 Å². The third kappa shape index (κ3) is 5.45. The fourth-order valence-electron chi connectivity index (χ4n) is 2.10. The van der Waals surface area contributed by atoms with Crippen LogP contribution in [0.1, 0.15) is 24.1 Å². The topological polar surface area (TPSA) is 38.3 Å². The van der Waals surface area contributed by atoms with Gasteiger partial charge in [-0.3, -0.25) is 4.79 Å². The summed E-state index contributed by atoms with van der Waals surface area (Å²) < 4.78 is 30.0. The first-order chi connectivity index (χ1) is 11.5. The maximum absolute atomic E-state index is 12.4.